The minimum Gasteiger partial charge on any atom is -0.388 e. The Kier molecular flexibility index (Phi) is 4.19. The molecule has 0 bridgehead atoms. The second-order valence-corrected chi connectivity index (χ2v) is 5.82. The number of rotatable bonds is 4. The van der Waals surface area contributed by atoms with Crippen molar-refractivity contribution >= 4 is 16.5 Å². The second-order valence-electron chi connectivity index (χ2n) is 4.99. The number of hydrogen-bond acceptors (Lipinski definition) is 5. The number of aliphatic hydroxyl groups is 1. The summed E-state index contributed by atoms with van der Waals surface area (Å²) in [5, 5.41) is 12.8. The van der Waals surface area contributed by atoms with Gasteiger partial charge in [0.1, 0.15) is 11.9 Å². The zero-order valence-electron chi connectivity index (χ0n) is 11.7. The molecule has 0 spiro atoms. The highest BCUT2D eigenvalue weighted by molar-refractivity contribution is 7.14. The maximum Gasteiger partial charge on any atom is 0.186 e. The Morgan fingerprint density at radius 3 is 2.86 bits per heavy atom. The average Bonchev–Trinajstić information content (AvgIpc) is 3.08. The summed E-state index contributed by atoms with van der Waals surface area (Å²) in [4.78, 5) is 6.61. The summed E-state index contributed by atoms with van der Waals surface area (Å²) >= 11 is 1.52. The standard InChI is InChI=1S/C15H17FN2O2S/c1-2-20-14-8-18(7-13(14)19)15-17-12(9-21-15)10-3-5-11(16)6-4-10/h3-6,9,13-14,19H,2,7-8H2,1H3/t13-,14-/m0/s1. The maximum atomic E-state index is 12.9. The highest BCUT2D eigenvalue weighted by Crippen LogP contribution is 2.30. The van der Waals surface area contributed by atoms with E-state index in [0.717, 1.165) is 16.4 Å². The SMILES string of the molecule is CCO[C@H]1CN(c2nc(-c3ccc(F)cc3)cs2)C[C@@H]1O. The summed E-state index contributed by atoms with van der Waals surface area (Å²) in [6.45, 7) is 3.69. The number of β-amino-alcohol motifs (C(OH)–C–C–N with tert-alkyl or cyclic N) is 1. The molecule has 2 aromatic rings. The van der Waals surface area contributed by atoms with E-state index in [2.05, 4.69) is 4.98 Å². The van der Waals surface area contributed by atoms with Crippen LogP contribution in [0.3, 0.4) is 0 Å². The smallest absolute Gasteiger partial charge is 0.186 e. The molecule has 0 amide bonds. The van der Waals surface area contributed by atoms with Crippen LogP contribution in [0, 0.1) is 5.82 Å². The van der Waals surface area contributed by atoms with Crippen LogP contribution in [0.1, 0.15) is 6.92 Å². The van der Waals surface area contributed by atoms with Crippen LogP contribution in [0.2, 0.25) is 0 Å². The van der Waals surface area contributed by atoms with Crippen molar-refractivity contribution in [3.05, 3.63) is 35.5 Å². The molecular weight excluding hydrogens is 291 g/mol. The van der Waals surface area contributed by atoms with Crippen molar-refractivity contribution in [2.75, 3.05) is 24.6 Å². The molecule has 0 unspecified atom stereocenters. The van der Waals surface area contributed by atoms with Crippen molar-refractivity contribution in [3.63, 3.8) is 0 Å². The fraction of sp³-hybridized carbons (Fsp3) is 0.400. The molecule has 0 radical (unpaired) electrons. The lowest BCUT2D eigenvalue weighted by atomic mass is 10.2. The van der Waals surface area contributed by atoms with Gasteiger partial charge in [0.05, 0.1) is 11.8 Å². The Bertz CT molecular complexity index is 602. The Morgan fingerprint density at radius 2 is 2.14 bits per heavy atom. The van der Waals surface area contributed by atoms with Gasteiger partial charge < -0.3 is 14.7 Å². The highest BCUT2D eigenvalue weighted by atomic mass is 32.1. The zero-order valence-corrected chi connectivity index (χ0v) is 12.5. The molecule has 0 aliphatic carbocycles. The van der Waals surface area contributed by atoms with Crippen LogP contribution in [-0.4, -0.2) is 42.0 Å². The predicted molar refractivity (Wildman–Crippen MR) is 81.1 cm³/mol. The third-order valence-electron chi connectivity index (χ3n) is 3.52. The number of nitrogens with zero attached hydrogens (tertiary/aromatic N) is 2. The molecule has 1 aliphatic rings. The third-order valence-corrected chi connectivity index (χ3v) is 4.42. The minimum absolute atomic E-state index is 0.159. The van der Waals surface area contributed by atoms with E-state index < -0.39 is 6.10 Å². The van der Waals surface area contributed by atoms with Gasteiger partial charge in [-0.15, -0.1) is 11.3 Å². The lowest BCUT2D eigenvalue weighted by Gasteiger charge is -2.14. The van der Waals surface area contributed by atoms with E-state index in [-0.39, 0.29) is 11.9 Å². The third kappa shape index (κ3) is 3.07. The largest absolute Gasteiger partial charge is 0.388 e. The molecule has 21 heavy (non-hydrogen) atoms. The number of aromatic nitrogens is 1. The molecular formula is C15H17FN2O2S. The fourth-order valence-electron chi connectivity index (χ4n) is 2.45. The van der Waals surface area contributed by atoms with Gasteiger partial charge in [-0.25, -0.2) is 9.37 Å². The summed E-state index contributed by atoms with van der Waals surface area (Å²) in [6, 6.07) is 6.30. The lowest BCUT2D eigenvalue weighted by Crippen LogP contribution is -2.26. The van der Waals surface area contributed by atoms with Crippen LogP contribution >= 0.6 is 11.3 Å². The van der Waals surface area contributed by atoms with Crippen molar-refractivity contribution in [1.82, 2.24) is 4.98 Å². The van der Waals surface area contributed by atoms with Crippen LogP contribution in [0.15, 0.2) is 29.6 Å². The molecule has 6 heteroatoms. The predicted octanol–water partition coefficient (Wildman–Crippen LogP) is 2.54. The summed E-state index contributed by atoms with van der Waals surface area (Å²) in [6.07, 6.45) is -0.642. The molecule has 1 aromatic heterocycles. The number of anilines is 1. The van der Waals surface area contributed by atoms with E-state index in [4.69, 9.17) is 4.74 Å². The molecule has 2 heterocycles. The van der Waals surface area contributed by atoms with Gasteiger partial charge in [0.25, 0.3) is 0 Å². The quantitative estimate of drug-likeness (QED) is 0.943. The van der Waals surface area contributed by atoms with Gasteiger partial charge in [0.15, 0.2) is 5.13 Å². The number of hydrogen-bond donors (Lipinski definition) is 1. The van der Waals surface area contributed by atoms with E-state index in [1.165, 1.54) is 23.5 Å². The van der Waals surface area contributed by atoms with Gasteiger partial charge in [0.2, 0.25) is 0 Å². The first kappa shape index (κ1) is 14.4. The van der Waals surface area contributed by atoms with Gasteiger partial charge in [-0.3, -0.25) is 0 Å². The molecule has 1 aromatic carbocycles. The van der Waals surface area contributed by atoms with E-state index in [9.17, 15) is 9.50 Å². The summed E-state index contributed by atoms with van der Waals surface area (Å²) in [5.41, 5.74) is 1.71. The van der Waals surface area contributed by atoms with Gasteiger partial charge in [-0.2, -0.15) is 0 Å². The van der Waals surface area contributed by atoms with Gasteiger partial charge >= 0.3 is 0 Å². The fourth-order valence-corrected chi connectivity index (χ4v) is 3.31. The van der Waals surface area contributed by atoms with Crippen molar-refractivity contribution in [1.29, 1.82) is 0 Å². The molecule has 2 atom stereocenters. The molecule has 3 rings (SSSR count). The monoisotopic (exact) mass is 308 g/mol. The van der Waals surface area contributed by atoms with Crippen LogP contribution in [0.25, 0.3) is 11.3 Å². The molecule has 4 nitrogen and oxygen atoms in total. The van der Waals surface area contributed by atoms with Gasteiger partial charge in [-0.1, -0.05) is 0 Å². The first-order valence-corrected chi connectivity index (χ1v) is 7.81. The molecule has 112 valence electrons. The first-order chi connectivity index (χ1) is 10.2. The Hall–Kier alpha value is -1.50. The van der Waals surface area contributed by atoms with E-state index in [0.29, 0.717) is 19.7 Å². The van der Waals surface area contributed by atoms with E-state index >= 15 is 0 Å². The van der Waals surface area contributed by atoms with Crippen molar-refractivity contribution in [3.8, 4) is 11.3 Å². The van der Waals surface area contributed by atoms with Crippen LogP contribution in [0.4, 0.5) is 9.52 Å². The number of thiazole rings is 1. The molecule has 1 aliphatic heterocycles. The van der Waals surface area contributed by atoms with Crippen LogP contribution < -0.4 is 4.90 Å². The molecule has 0 saturated carbocycles. The summed E-state index contributed by atoms with van der Waals surface area (Å²) in [7, 11) is 0. The van der Waals surface area contributed by atoms with Crippen molar-refractivity contribution in [2.24, 2.45) is 0 Å². The van der Waals surface area contributed by atoms with E-state index in [1.54, 1.807) is 12.1 Å². The van der Waals surface area contributed by atoms with Gasteiger partial charge in [-0.05, 0) is 31.2 Å². The lowest BCUT2D eigenvalue weighted by molar-refractivity contribution is -0.00189. The minimum atomic E-state index is -0.483. The number of aliphatic hydroxyl groups excluding tert-OH is 1. The first-order valence-electron chi connectivity index (χ1n) is 6.93. The average molecular weight is 308 g/mol. The maximum absolute atomic E-state index is 12.9. The van der Waals surface area contributed by atoms with Crippen molar-refractivity contribution < 1.29 is 14.2 Å². The molecule has 1 fully saturated rings. The molecule has 1 saturated heterocycles. The summed E-state index contributed by atoms with van der Waals surface area (Å²) < 4.78 is 18.5. The number of halogens is 1. The molecule has 1 N–H and O–H groups in total. The Morgan fingerprint density at radius 1 is 1.38 bits per heavy atom. The highest BCUT2D eigenvalue weighted by Gasteiger charge is 2.33. The van der Waals surface area contributed by atoms with E-state index in [1.807, 2.05) is 17.2 Å². The topological polar surface area (TPSA) is 45.6 Å². The van der Waals surface area contributed by atoms with Crippen molar-refractivity contribution in [2.45, 2.75) is 19.1 Å². The van der Waals surface area contributed by atoms with Crippen LogP contribution in [0.5, 0.6) is 0 Å². The second kappa shape index (κ2) is 6.09. The number of ether oxygens (including phenoxy) is 1. The summed E-state index contributed by atoms with van der Waals surface area (Å²) in [5.74, 6) is -0.253. The Balaban J connectivity index is 1.75. The Labute approximate surface area is 126 Å². The van der Waals surface area contributed by atoms with Crippen LogP contribution in [-0.2, 0) is 4.74 Å². The zero-order chi connectivity index (χ0) is 14.8. The van der Waals surface area contributed by atoms with Gasteiger partial charge in [0, 0.05) is 30.6 Å². The number of benzene rings is 1. The normalized spacial score (nSPS) is 22.0.